The van der Waals surface area contributed by atoms with E-state index in [1.807, 2.05) is 48.0 Å². The van der Waals surface area contributed by atoms with Gasteiger partial charge in [-0.25, -0.2) is 4.98 Å². The Labute approximate surface area is 123 Å². The molecule has 2 heterocycles. The second-order valence-electron chi connectivity index (χ2n) is 4.44. The van der Waals surface area contributed by atoms with E-state index in [-0.39, 0.29) is 0 Å². The number of halogens is 1. The van der Waals surface area contributed by atoms with Gasteiger partial charge in [0.25, 0.3) is 0 Å². The first-order chi connectivity index (χ1) is 9.15. The van der Waals surface area contributed by atoms with Gasteiger partial charge in [0.1, 0.15) is 5.82 Å². The number of para-hydroxylation sites is 2. The Balaban J connectivity index is 1.91. The molecule has 1 atom stereocenters. The molecule has 1 unspecified atom stereocenters. The van der Waals surface area contributed by atoms with E-state index in [1.54, 1.807) is 11.3 Å². The van der Waals surface area contributed by atoms with Crippen LogP contribution in [-0.4, -0.2) is 14.7 Å². The number of thiophene rings is 1. The maximum absolute atomic E-state index is 10.3. The second kappa shape index (κ2) is 5.07. The number of aryl methyl sites for hydroxylation is 1. The Morgan fingerprint density at radius 2 is 2.11 bits per heavy atom. The SMILES string of the molecule is Cn1c(CC(O)c2ccc(Br)s2)nc2ccccc21. The third kappa shape index (κ3) is 2.45. The van der Waals surface area contributed by atoms with Crippen LogP contribution < -0.4 is 0 Å². The van der Waals surface area contributed by atoms with E-state index in [1.165, 1.54) is 0 Å². The molecular formula is C14H13BrN2OS. The molecule has 0 saturated heterocycles. The Morgan fingerprint density at radius 3 is 2.79 bits per heavy atom. The number of hydrogen-bond acceptors (Lipinski definition) is 3. The predicted octanol–water partition coefficient (Wildman–Crippen LogP) is 3.67. The van der Waals surface area contributed by atoms with Crippen molar-refractivity contribution in [1.29, 1.82) is 0 Å². The highest BCUT2D eigenvalue weighted by molar-refractivity contribution is 9.11. The second-order valence-corrected chi connectivity index (χ2v) is 6.93. The summed E-state index contributed by atoms with van der Waals surface area (Å²) in [6.45, 7) is 0. The van der Waals surface area contributed by atoms with Crippen LogP contribution in [0.25, 0.3) is 11.0 Å². The topological polar surface area (TPSA) is 38.0 Å². The Hall–Kier alpha value is -1.17. The van der Waals surface area contributed by atoms with Crippen LogP contribution in [-0.2, 0) is 13.5 Å². The van der Waals surface area contributed by atoms with E-state index in [9.17, 15) is 5.11 Å². The Bertz CT molecular complexity index is 719. The van der Waals surface area contributed by atoms with Crippen LogP contribution in [0.1, 0.15) is 16.8 Å². The van der Waals surface area contributed by atoms with Crippen molar-refractivity contribution in [3.63, 3.8) is 0 Å². The van der Waals surface area contributed by atoms with Gasteiger partial charge in [0.2, 0.25) is 0 Å². The number of aromatic nitrogens is 2. The third-order valence-corrected chi connectivity index (χ3v) is 4.90. The molecule has 0 fully saturated rings. The van der Waals surface area contributed by atoms with E-state index in [2.05, 4.69) is 20.9 Å². The van der Waals surface area contributed by atoms with Crippen molar-refractivity contribution in [3.8, 4) is 0 Å². The molecular weight excluding hydrogens is 324 g/mol. The molecule has 0 bridgehead atoms. The van der Waals surface area contributed by atoms with Crippen molar-refractivity contribution in [1.82, 2.24) is 9.55 Å². The van der Waals surface area contributed by atoms with Crippen LogP contribution in [0.4, 0.5) is 0 Å². The number of benzene rings is 1. The standard InChI is InChI=1S/C14H13BrN2OS/c1-17-10-5-3-2-4-9(10)16-14(17)8-11(18)12-6-7-13(15)19-12/h2-7,11,18H,8H2,1H3. The molecule has 0 radical (unpaired) electrons. The molecule has 1 aromatic carbocycles. The minimum atomic E-state index is -0.508. The lowest BCUT2D eigenvalue weighted by atomic mass is 10.2. The van der Waals surface area contributed by atoms with Crippen LogP contribution in [0.15, 0.2) is 40.2 Å². The van der Waals surface area contributed by atoms with Crippen LogP contribution in [0, 0.1) is 0 Å². The highest BCUT2D eigenvalue weighted by Gasteiger charge is 2.15. The van der Waals surface area contributed by atoms with Gasteiger partial charge < -0.3 is 9.67 Å². The zero-order chi connectivity index (χ0) is 13.4. The van der Waals surface area contributed by atoms with Gasteiger partial charge in [-0.1, -0.05) is 12.1 Å². The van der Waals surface area contributed by atoms with Gasteiger partial charge in [0, 0.05) is 18.3 Å². The normalized spacial score (nSPS) is 13.0. The molecule has 98 valence electrons. The summed E-state index contributed by atoms with van der Waals surface area (Å²) in [4.78, 5) is 5.54. The first-order valence-electron chi connectivity index (χ1n) is 5.99. The van der Waals surface area contributed by atoms with E-state index in [0.29, 0.717) is 6.42 Å². The molecule has 2 aromatic heterocycles. The third-order valence-electron chi connectivity index (χ3n) is 3.18. The number of rotatable bonds is 3. The van der Waals surface area contributed by atoms with Gasteiger partial charge >= 0.3 is 0 Å². The fourth-order valence-electron chi connectivity index (χ4n) is 2.16. The zero-order valence-corrected chi connectivity index (χ0v) is 12.8. The molecule has 0 spiro atoms. The van der Waals surface area contributed by atoms with Crippen molar-refractivity contribution in [3.05, 3.63) is 50.9 Å². The average molecular weight is 337 g/mol. The molecule has 0 aliphatic heterocycles. The Kier molecular flexibility index (Phi) is 3.43. The lowest BCUT2D eigenvalue weighted by molar-refractivity contribution is 0.179. The first kappa shape index (κ1) is 12.8. The van der Waals surface area contributed by atoms with Gasteiger partial charge in [-0.2, -0.15) is 0 Å². The van der Waals surface area contributed by atoms with E-state index in [4.69, 9.17) is 0 Å². The predicted molar refractivity (Wildman–Crippen MR) is 81.4 cm³/mol. The number of hydrogen-bond donors (Lipinski definition) is 1. The van der Waals surface area contributed by atoms with Gasteiger partial charge in [-0.3, -0.25) is 0 Å². The lowest BCUT2D eigenvalue weighted by Gasteiger charge is -2.08. The summed E-state index contributed by atoms with van der Waals surface area (Å²) in [5.74, 6) is 0.901. The van der Waals surface area contributed by atoms with Gasteiger partial charge in [0.05, 0.1) is 20.9 Å². The summed E-state index contributed by atoms with van der Waals surface area (Å²) in [6, 6.07) is 11.9. The number of aliphatic hydroxyl groups is 1. The van der Waals surface area contributed by atoms with Crippen LogP contribution >= 0.6 is 27.3 Å². The van der Waals surface area contributed by atoms with Crippen LogP contribution in [0.5, 0.6) is 0 Å². The van der Waals surface area contributed by atoms with E-state index >= 15 is 0 Å². The summed E-state index contributed by atoms with van der Waals surface area (Å²) >= 11 is 4.97. The Morgan fingerprint density at radius 1 is 1.32 bits per heavy atom. The van der Waals surface area contributed by atoms with E-state index in [0.717, 1.165) is 25.5 Å². The summed E-state index contributed by atoms with van der Waals surface area (Å²) in [6.07, 6.45) is 0.0183. The fourth-order valence-corrected chi connectivity index (χ4v) is 3.57. The molecule has 19 heavy (non-hydrogen) atoms. The maximum atomic E-state index is 10.3. The molecule has 3 nitrogen and oxygen atoms in total. The minimum absolute atomic E-state index is 0.508. The monoisotopic (exact) mass is 336 g/mol. The summed E-state index contributed by atoms with van der Waals surface area (Å²) < 4.78 is 3.08. The number of imidazole rings is 1. The van der Waals surface area contributed by atoms with Crippen molar-refractivity contribution < 1.29 is 5.11 Å². The molecule has 0 saturated carbocycles. The van der Waals surface area contributed by atoms with Gasteiger partial charge in [0.15, 0.2) is 0 Å². The largest absolute Gasteiger partial charge is 0.387 e. The molecule has 5 heteroatoms. The molecule has 3 rings (SSSR count). The van der Waals surface area contributed by atoms with Crippen molar-refractivity contribution in [2.24, 2.45) is 7.05 Å². The molecule has 0 amide bonds. The first-order valence-corrected chi connectivity index (χ1v) is 7.60. The molecule has 1 N–H and O–H groups in total. The van der Waals surface area contributed by atoms with Gasteiger partial charge in [-0.15, -0.1) is 11.3 Å². The highest BCUT2D eigenvalue weighted by atomic mass is 79.9. The van der Waals surface area contributed by atoms with Gasteiger partial charge in [-0.05, 0) is 40.2 Å². The summed E-state index contributed by atoms with van der Waals surface area (Å²) in [5.41, 5.74) is 2.07. The summed E-state index contributed by atoms with van der Waals surface area (Å²) in [5, 5.41) is 10.3. The quantitative estimate of drug-likeness (QED) is 0.792. The summed E-state index contributed by atoms with van der Waals surface area (Å²) in [7, 11) is 1.99. The van der Waals surface area contributed by atoms with Crippen LogP contribution in [0.2, 0.25) is 0 Å². The van der Waals surface area contributed by atoms with Crippen LogP contribution in [0.3, 0.4) is 0 Å². The van der Waals surface area contributed by atoms with Crippen molar-refractivity contribution in [2.75, 3.05) is 0 Å². The maximum Gasteiger partial charge on any atom is 0.112 e. The van der Waals surface area contributed by atoms with Crippen molar-refractivity contribution >= 4 is 38.3 Å². The van der Waals surface area contributed by atoms with Crippen molar-refractivity contribution in [2.45, 2.75) is 12.5 Å². The molecule has 3 aromatic rings. The average Bonchev–Trinajstić information content (AvgIpc) is 2.96. The molecule has 0 aliphatic carbocycles. The van der Waals surface area contributed by atoms with E-state index < -0.39 is 6.10 Å². The highest BCUT2D eigenvalue weighted by Crippen LogP contribution is 2.29. The number of nitrogens with zero attached hydrogens (tertiary/aromatic N) is 2. The fraction of sp³-hybridized carbons (Fsp3) is 0.214. The lowest BCUT2D eigenvalue weighted by Crippen LogP contribution is -2.05. The minimum Gasteiger partial charge on any atom is -0.387 e. The number of fused-ring (bicyclic) bond motifs is 1. The zero-order valence-electron chi connectivity index (χ0n) is 10.4. The number of aliphatic hydroxyl groups excluding tert-OH is 1. The smallest absolute Gasteiger partial charge is 0.112 e. The molecule has 0 aliphatic rings.